The van der Waals surface area contributed by atoms with Crippen molar-refractivity contribution in [3.63, 3.8) is 0 Å². The smallest absolute Gasteiger partial charge is 0.349 e. The summed E-state index contributed by atoms with van der Waals surface area (Å²) in [6, 6.07) is 7.04. The standard InChI is InChI=1S/C13H11N3O3S/c1-18-10-5-8(6-14)3-4-9(10)16-13-15-7-11(20-13)12(17)19-2/h3-5,7H,1-2H3,(H,15,16). The SMILES string of the molecule is COC(=O)c1cnc(Nc2ccc(C#N)cc2OC)s1. The van der Waals surface area contributed by atoms with Gasteiger partial charge < -0.3 is 14.8 Å². The number of hydrogen-bond donors (Lipinski definition) is 1. The summed E-state index contributed by atoms with van der Waals surface area (Å²) in [7, 11) is 2.84. The molecule has 0 fully saturated rings. The molecule has 2 aromatic rings. The molecule has 0 unspecified atom stereocenters. The average Bonchev–Trinajstić information content (AvgIpc) is 2.95. The molecule has 0 bridgehead atoms. The Morgan fingerprint density at radius 1 is 1.45 bits per heavy atom. The number of rotatable bonds is 4. The Bertz CT molecular complexity index is 676. The lowest BCUT2D eigenvalue weighted by molar-refractivity contribution is 0.0606. The first kappa shape index (κ1) is 13.8. The van der Waals surface area contributed by atoms with Gasteiger partial charge in [-0.05, 0) is 12.1 Å². The molecule has 102 valence electrons. The van der Waals surface area contributed by atoms with E-state index in [1.807, 2.05) is 6.07 Å². The van der Waals surface area contributed by atoms with Crippen molar-refractivity contribution < 1.29 is 14.3 Å². The molecule has 1 N–H and O–H groups in total. The summed E-state index contributed by atoms with van der Waals surface area (Å²) in [5, 5.41) is 12.4. The van der Waals surface area contributed by atoms with Crippen LogP contribution in [0.5, 0.6) is 5.75 Å². The summed E-state index contributed by atoms with van der Waals surface area (Å²) in [6.07, 6.45) is 1.44. The highest BCUT2D eigenvalue weighted by atomic mass is 32.1. The van der Waals surface area contributed by atoms with Crippen molar-refractivity contribution in [3.05, 3.63) is 34.8 Å². The predicted molar refractivity (Wildman–Crippen MR) is 74.4 cm³/mol. The molecule has 0 amide bonds. The molecular formula is C13H11N3O3S. The monoisotopic (exact) mass is 289 g/mol. The van der Waals surface area contributed by atoms with Crippen LogP contribution in [-0.4, -0.2) is 25.2 Å². The third-order valence-corrected chi connectivity index (χ3v) is 3.36. The van der Waals surface area contributed by atoms with Gasteiger partial charge in [0, 0.05) is 6.07 Å². The fraction of sp³-hybridized carbons (Fsp3) is 0.154. The maximum atomic E-state index is 11.3. The number of nitrogens with one attached hydrogen (secondary N) is 1. The summed E-state index contributed by atoms with van der Waals surface area (Å²) in [5.74, 6) is 0.0983. The third-order valence-electron chi connectivity index (χ3n) is 2.46. The minimum absolute atomic E-state index is 0.405. The van der Waals surface area contributed by atoms with Gasteiger partial charge in [-0.15, -0.1) is 0 Å². The molecule has 0 atom stereocenters. The van der Waals surface area contributed by atoms with Crippen LogP contribution in [0, 0.1) is 11.3 Å². The van der Waals surface area contributed by atoms with Crippen LogP contribution < -0.4 is 10.1 Å². The molecule has 0 radical (unpaired) electrons. The largest absolute Gasteiger partial charge is 0.495 e. The van der Waals surface area contributed by atoms with E-state index in [-0.39, 0.29) is 0 Å². The summed E-state index contributed by atoms with van der Waals surface area (Å²) in [5.41, 5.74) is 1.17. The van der Waals surface area contributed by atoms with E-state index < -0.39 is 5.97 Å². The first-order chi connectivity index (χ1) is 9.67. The summed E-state index contributed by atoms with van der Waals surface area (Å²) in [4.78, 5) is 15.8. The Hall–Kier alpha value is -2.59. The third kappa shape index (κ3) is 2.87. The van der Waals surface area contributed by atoms with Crippen molar-refractivity contribution in [2.75, 3.05) is 19.5 Å². The normalized spacial score (nSPS) is 9.65. The number of benzene rings is 1. The minimum Gasteiger partial charge on any atom is -0.495 e. The van der Waals surface area contributed by atoms with Crippen molar-refractivity contribution in [2.45, 2.75) is 0 Å². The number of carbonyl (C=O) groups excluding carboxylic acids is 1. The molecule has 0 saturated heterocycles. The van der Waals surface area contributed by atoms with E-state index in [1.54, 1.807) is 18.2 Å². The number of thiazole rings is 1. The van der Waals surface area contributed by atoms with E-state index >= 15 is 0 Å². The fourth-order valence-electron chi connectivity index (χ4n) is 1.51. The van der Waals surface area contributed by atoms with Gasteiger partial charge in [-0.3, -0.25) is 0 Å². The Labute approximate surface area is 119 Å². The van der Waals surface area contributed by atoms with Gasteiger partial charge in [0.15, 0.2) is 5.13 Å². The molecule has 1 aromatic heterocycles. The lowest BCUT2D eigenvalue weighted by Gasteiger charge is -2.08. The van der Waals surface area contributed by atoms with Gasteiger partial charge >= 0.3 is 5.97 Å². The Kier molecular flexibility index (Phi) is 4.17. The van der Waals surface area contributed by atoms with Crippen LogP contribution in [0.1, 0.15) is 15.2 Å². The van der Waals surface area contributed by atoms with E-state index in [0.29, 0.717) is 27.0 Å². The molecule has 0 aliphatic heterocycles. The van der Waals surface area contributed by atoms with Gasteiger partial charge in [-0.2, -0.15) is 5.26 Å². The second-order valence-electron chi connectivity index (χ2n) is 3.67. The molecule has 0 aliphatic rings. The quantitative estimate of drug-likeness (QED) is 0.871. The first-order valence-corrected chi connectivity index (χ1v) is 6.39. The number of anilines is 2. The Balaban J connectivity index is 2.24. The number of nitriles is 1. The zero-order valence-corrected chi connectivity index (χ0v) is 11.7. The maximum Gasteiger partial charge on any atom is 0.349 e. The van der Waals surface area contributed by atoms with E-state index in [0.717, 1.165) is 0 Å². The number of ether oxygens (including phenoxy) is 2. The Morgan fingerprint density at radius 3 is 2.90 bits per heavy atom. The van der Waals surface area contributed by atoms with Gasteiger partial charge in [0.2, 0.25) is 0 Å². The maximum absolute atomic E-state index is 11.3. The van der Waals surface area contributed by atoms with E-state index in [2.05, 4.69) is 15.0 Å². The van der Waals surface area contributed by atoms with Crippen molar-refractivity contribution >= 4 is 28.1 Å². The predicted octanol–water partition coefficient (Wildman–Crippen LogP) is 2.55. The molecule has 0 spiro atoms. The summed E-state index contributed by atoms with van der Waals surface area (Å²) >= 11 is 1.17. The van der Waals surface area contributed by atoms with Crippen LogP contribution in [0.2, 0.25) is 0 Å². The van der Waals surface area contributed by atoms with Crippen LogP contribution in [-0.2, 0) is 4.74 Å². The van der Waals surface area contributed by atoms with Crippen LogP contribution in [0.4, 0.5) is 10.8 Å². The van der Waals surface area contributed by atoms with Crippen molar-refractivity contribution in [2.24, 2.45) is 0 Å². The molecule has 0 saturated carbocycles. The summed E-state index contributed by atoms with van der Waals surface area (Å²) < 4.78 is 9.83. The highest BCUT2D eigenvalue weighted by molar-refractivity contribution is 7.17. The van der Waals surface area contributed by atoms with Gasteiger partial charge in [-0.1, -0.05) is 11.3 Å². The number of methoxy groups -OCH3 is 2. The summed E-state index contributed by atoms with van der Waals surface area (Å²) in [6.45, 7) is 0. The van der Waals surface area contributed by atoms with E-state index in [4.69, 9.17) is 10.00 Å². The van der Waals surface area contributed by atoms with Crippen LogP contribution in [0.15, 0.2) is 24.4 Å². The number of nitrogens with zero attached hydrogens (tertiary/aromatic N) is 2. The van der Waals surface area contributed by atoms with E-state index in [1.165, 1.54) is 31.8 Å². The van der Waals surface area contributed by atoms with Crippen LogP contribution >= 0.6 is 11.3 Å². The second-order valence-corrected chi connectivity index (χ2v) is 4.70. The zero-order chi connectivity index (χ0) is 14.5. The van der Waals surface area contributed by atoms with Crippen molar-refractivity contribution in [3.8, 4) is 11.8 Å². The topological polar surface area (TPSA) is 84.2 Å². The number of aromatic nitrogens is 1. The van der Waals surface area contributed by atoms with Crippen LogP contribution in [0.3, 0.4) is 0 Å². The molecule has 6 nitrogen and oxygen atoms in total. The number of carbonyl (C=O) groups is 1. The zero-order valence-electron chi connectivity index (χ0n) is 10.8. The average molecular weight is 289 g/mol. The lowest BCUT2D eigenvalue weighted by atomic mass is 10.2. The molecule has 2 rings (SSSR count). The number of hydrogen-bond acceptors (Lipinski definition) is 7. The Morgan fingerprint density at radius 2 is 2.25 bits per heavy atom. The molecular weight excluding hydrogens is 278 g/mol. The van der Waals surface area contributed by atoms with Crippen molar-refractivity contribution in [1.82, 2.24) is 4.98 Å². The molecule has 0 aliphatic carbocycles. The molecule has 20 heavy (non-hydrogen) atoms. The van der Waals surface area contributed by atoms with E-state index in [9.17, 15) is 4.79 Å². The molecule has 7 heteroatoms. The lowest BCUT2D eigenvalue weighted by Crippen LogP contribution is -1.96. The van der Waals surface area contributed by atoms with Gasteiger partial charge in [0.1, 0.15) is 10.6 Å². The number of esters is 1. The van der Waals surface area contributed by atoms with Gasteiger partial charge in [-0.25, -0.2) is 9.78 Å². The van der Waals surface area contributed by atoms with Gasteiger partial charge in [0.05, 0.1) is 37.7 Å². The molecule has 1 aromatic carbocycles. The van der Waals surface area contributed by atoms with Crippen molar-refractivity contribution in [1.29, 1.82) is 5.26 Å². The first-order valence-electron chi connectivity index (χ1n) is 5.57. The highest BCUT2D eigenvalue weighted by Gasteiger charge is 2.12. The van der Waals surface area contributed by atoms with Crippen LogP contribution in [0.25, 0.3) is 0 Å². The molecule has 1 heterocycles. The second kappa shape index (κ2) is 6.04. The minimum atomic E-state index is -0.428. The fourth-order valence-corrected chi connectivity index (χ4v) is 2.25. The van der Waals surface area contributed by atoms with Gasteiger partial charge in [0.25, 0.3) is 0 Å². The highest BCUT2D eigenvalue weighted by Crippen LogP contribution is 2.30.